The zero-order valence-corrected chi connectivity index (χ0v) is 7.10. The number of hydrogen-bond donors (Lipinski definition) is 0. The zero-order chi connectivity index (χ0) is 9.26. The lowest BCUT2D eigenvalue weighted by Gasteiger charge is -2.15. The van der Waals surface area contributed by atoms with E-state index in [0.717, 1.165) is 0 Å². The quantitative estimate of drug-likeness (QED) is 0.584. The number of aliphatic imine (C=N–C) groups is 2. The molecule has 0 aromatic carbocycles. The number of carbonyl (C=O) groups excluding carboxylic acids is 1. The number of fused-ring (bicyclic) bond motifs is 1. The molecule has 4 nitrogen and oxygen atoms in total. The molecule has 1 unspecified atom stereocenters. The molecule has 1 atom stereocenters. The number of ether oxygens (including phenoxy) is 1. The van der Waals surface area contributed by atoms with Crippen LogP contribution in [0.1, 0.15) is 0 Å². The number of hydrogen-bond acceptors (Lipinski definition) is 3. The Morgan fingerprint density at radius 2 is 2.38 bits per heavy atom. The van der Waals surface area contributed by atoms with Crippen molar-refractivity contribution in [2.75, 3.05) is 7.11 Å². The highest BCUT2D eigenvalue weighted by Gasteiger charge is 2.19. The fourth-order valence-electron chi connectivity index (χ4n) is 1.22. The molecule has 1 heterocycles. The SMILES string of the molecule is COC1=CC2=NC(=O)C=NC2C=C1. The number of amides is 1. The van der Waals surface area contributed by atoms with Gasteiger partial charge in [-0.3, -0.25) is 9.79 Å². The second kappa shape index (κ2) is 2.97. The average Bonchev–Trinajstić information content (AvgIpc) is 2.16. The number of methoxy groups -OCH3 is 1. The number of carbonyl (C=O) groups is 1. The van der Waals surface area contributed by atoms with Crippen molar-refractivity contribution in [1.82, 2.24) is 0 Å². The zero-order valence-electron chi connectivity index (χ0n) is 7.10. The molecule has 0 radical (unpaired) electrons. The predicted octanol–water partition coefficient (Wildman–Crippen LogP) is 0.507. The van der Waals surface area contributed by atoms with Gasteiger partial charge in [0.2, 0.25) is 0 Å². The molecular formula is C9H8N2O2. The van der Waals surface area contributed by atoms with Crippen molar-refractivity contribution in [3.8, 4) is 0 Å². The summed E-state index contributed by atoms with van der Waals surface area (Å²) in [5.74, 6) is 0.383. The molecule has 4 heteroatoms. The smallest absolute Gasteiger partial charge is 0.288 e. The summed E-state index contributed by atoms with van der Waals surface area (Å²) in [6, 6.07) is -0.114. The van der Waals surface area contributed by atoms with Crippen molar-refractivity contribution in [2.24, 2.45) is 9.98 Å². The Hall–Kier alpha value is -1.71. The molecule has 0 spiro atoms. The predicted molar refractivity (Wildman–Crippen MR) is 49.0 cm³/mol. The highest BCUT2D eigenvalue weighted by atomic mass is 16.5. The van der Waals surface area contributed by atoms with E-state index in [2.05, 4.69) is 9.98 Å². The van der Waals surface area contributed by atoms with Crippen LogP contribution in [0.2, 0.25) is 0 Å². The second-order valence-corrected chi connectivity index (χ2v) is 2.71. The van der Waals surface area contributed by atoms with Gasteiger partial charge in [-0.1, -0.05) is 6.08 Å². The van der Waals surface area contributed by atoms with Crippen molar-refractivity contribution in [2.45, 2.75) is 6.04 Å². The van der Waals surface area contributed by atoms with Crippen molar-refractivity contribution in [1.29, 1.82) is 0 Å². The van der Waals surface area contributed by atoms with Crippen LogP contribution in [0.25, 0.3) is 0 Å². The molecule has 1 amide bonds. The Morgan fingerprint density at radius 1 is 1.54 bits per heavy atom. The molecule has 1 aliphatic heterocycles. The van der Waals surface area contributed by atoms with Gasteiger partial charge in [0.05, 0.1) is 19.0 Å². The molecular weight excluding hydrogens is 168 g/mol. The third-order valence-corrected chi connectivity index (χ3v) is 1.86. The third kappa shape index (κ3) is 1.42. The summed E-state index contributed by atoms with van der Waals surface area (Å²) in [6.45, 7) is 0. The summed E-state index contributed by atoms with van der Waals surface area (Å²) in [5, 5.41) is 0. The molecule has 0 aromatic rings. The molecule has 0 fully saturated rings. The van der Waals surface area contributed by atoms with E-state index < -0.39 is 0 Å². The Bertz CT molecular complexity index is 364. The van der Waals surface area contributed by atoms with Gasteiger partial charge >= 0.3 is 0 Å². The van der Waals surface area contributed by atoms with E-state index in [0.29, 0.717) is 11.5 Å². The van der Waals surface area contributed by atoms with Gasteiger partial charge in [-0.15, -0.1) is 0 Å². The summed E-state index contributed by atoms with van der Waals surface area (Å²) < 4.78 is 5.01. The van der Waals surface area contributed by atoms with Gasteiger partial charge in [-0.25, -0.2) is 4.99 Å². The number of allylic oxidation sites excluding steroid dienone is 1. The van der Waals surface area contributed by atoms with Gasteiger partial charge in [0, 0.05) is 6.08 Å². The summed E-state index contributed by atoms with van der Waals surface area (Å²) in [6.07, 6.45) is 6.63. The summed E-state index contributed by atoms with van der Waals surface area (Å²) >= 11 is 0. The Labute approximate surface area is 75.3 Å². The molecule has 0 saturated carbocycles. The van der Waals surface area contributed by atoms with Crippen LogP contribution in [0.5, 0.6) is 0 Å². The van der Waals surface area contributed by atoms with Crippen molar-refractivity contribution in [3.05, 3.63) is 24.0 Å². The molecule has 2 aliphatic rings. The molecule has 0 aromatic heterocycles. The maximum atomic E-state index is 10.9. The van der Waals surface area contributed by atoms with Crippen LogP contribution >= 0.6 is 0 Å². The standard InChI is InChI=1S/C9H8N2O2/c1-13-6-2-3-7-8(4-6)11-9(12)5-10-7/h2-5,7H,1H3. The fourth-order valence-corrected chi connectivity index (χ4v) is 1.22. The van der Waals surface area contributed by atoms with Crippen LogP contribution in [0.4, 0.5) is 0 Å². The van der Waals surface area contributed by atoms with E-state index in [-0.39, 0.29) is 11.9 Å². The monoisotopic (exact) mass is 176 g/mol. The first kappa shape index (κ1) is 7.91. The normalized spacial score (nSPS) is 25.0. The highest BCUT2D eigenvalue weighted by Crippen LogP contribution is 2.13. The van der Waals surface area contributed by atoms with Crippen LogP contribution in [-0.4, -0.2) is 31.0 Å². The van der Waals surface area contributed by atoms with Crippen LogP contribution in [0, 0.1) is 0 Å². The largest absolute Gasteiger partial charge is 0.497 e. The lowest BCUT2D eigenvalue weighted by molar-refractivity contribution is -0.111. The summed E-state index contributed by atoms with van der Waals surface area (Å²) in [4.78, 5) is 18.7. The molecule has 0 N–H and O–H groups in total. The molecule has 13 heavy (non-hydrogen) atoms. The van der Waals surface area contributed by atoms with E-state index in [9.17, 15) is 4.79 Å². The van der Waals surface area contributed by atoms with Crippen molar-refractivity contribution >= 4 is 17.8 Å². The van der Waals surface area contributed by atoms with Gasteiger partial charge in [-0.2, -0.15) is 0 Å². The maximum absolute atomic E-state index is 10.9. The second-order valence-electron chi connectivity index (χ2n) is 2.71. The Kier molecular flexibility index (Phi) is 1.81. The van der Waals surface area contributed by atoms with E-state index in [1.165, 1.54) is 6.21 Å². The molecule has 2 rings (SSSR count). The van der Waals surface area contributed by atoms with Gasteiger partial charge in [-0.05, 0) is 6.08 Å². The van der Waals surface area contributed by atoms with E-state index in [1.807, 2.05) is 12.2 Å². The summed E-state index contributed by atoms with van der Waals surface area (Å²) in [5.41, 5.74) is 0.645. The van der Waals surface area contributed by atoms with Gasteiger partial charge in [0.15, 0.2) is 0 Å². The maximum Gasteiger partial charge on any atom is 0.288 e. The first-order valence-electron chi connectivity index (χ1n) is 3.89. The number of rotatable bonds is 1. The summed E-state index contributed by atoms with van der Waals surface area (Å²) in [7, 11) is 1.57. The van der Waals surface area contributed by atoms with E-state index in [4.69, 9.17) is 4.74 Å². The minimum Gasteiger partial charge on any atom is -0.497 e. The molecule has 66 valence electrons. The van der Waals surface area contributed by atoms with Crippen LogP contribution < -0.4 is 0 Å². The van der Waals surface area contributed by atoms with Crippen LogP contribution in [-0.2, 0) is 9.53 Å². The third-order valence-electron chi connectivity index (χ3n) is 1.86. The van der Waals surface area contributed by atoms with E-state index >= 15 is 0 Å². The van der Waals surface area contributed by atoms with Gasteiger partial charge in [0.1, 0.15) is 11.8 Å². The average molecular weight is 176 g/mol. The highest BCUT2D eigenvalue weighted by molar-refractivity contribution is 6.32. The topological polar surface area (TPSA) is 51.0 Å². The first-order chi connectivity index (χ1) is 6.29. The lowest BCUT2D eigenvalue weighted by atomic mass is 10.1. The van der Waals surface area contributed by atoms with Crippen molar-refractivity contribution in [3.63, 3.8) is 0 Å². The van der Waals surface area contributed by atoms with Gasteiger partial charge in [0.25, 0.3) is 5.91 Å². The fraction of sp³-hybridized carbons (Fsp3) is 0.222. The lowest BCUT2D eigenvalue weighted by Crippen LogP contribution is -2.24. The minimum atomic E-state index is -0.312. The van der Waals surface area contributed by atoms with Crippen molar-refractivity contribution < 1.29 is 9.53 Å². The van der Waals surface area contributed by atoms with Gasteiger partial charge < -0.3 is 4.74 Å². The molecule has 0 bridgehead atoms. The Balaban J connectivity index is 2.33. The van der Waals surface area contributed by atoms with E-state index in [1.54, 1.807) is 13.2 Å². The molecule has 1 aliphatic carbocycles. The molecule has 0 saturated heterocycles. The minimum absolute atomic E-state index is 0.114. The van der Waals surface area contributed by atoms with Crippen LogP contribution in [0.3, 0.4) is 0 Å². The number of nitrogens with zero attached hydrogens (tertiary/aromatic N) is 2. The van der Waals surface area contributed by atoms with Crippen LogP contribution in [0.15, 0.2) is 34.0 Å². The first-order valence-corrected chi connectivity index (χ1v) is 3.89. The Morgan fingerprint density at radius 3 is 3.15 bits per heavy atom.